The zero-order chi connectivity index (χ0) is 20.8. The van der Waals surface area contributed by atoms with Gasteiger partial charge in [0.25, 0.3) is 0 Å². The highest BCUT2D eigenvalue weighted by Gasteiger charge is 2.04. The van der Waals surface area contributed by atoms with Crippen LogP contribution in [0.4, 0.5) is 0 Å². The Kier molecular flexibility index (Phi) is 18.1. The molecule has 3 nitrogen and oxygen atoms in total. The van der Waals surface area contributed by atoms with E-state index < -0.39 is 6.29 Å². The van der Waals surface area contributed by atoms with E-state index in [9.17, 15) is 5.11 Å². The van der Waals surface area contributed by atoms with Crippen molar-refractivity contribution in [1.82, 2.24) is 0 Å². The van der Waals surface area contributed by atoms with Gasteiger partial charge in [0.15, 0.2) is 6.29 Å². The number of hydrogen-bond donors (Lipinski definition) is 1. The van der Waals surface area contributed by atoms with Crippen molar-refractivity contribution in [2.75, 3.05) is 13.2 Å². The lowest BCUT2D eigenvalue weighted by molar-refractivity contribution is -0.120. The summed E-state index contributed by atoms with van der Waals surface area (Å²) in [6, 6.07) is 9.53. The number of aliphatic hydroxyl groups excluding tert-OH is 1. The van der Waals surface area contributed by atoms with Crippen molar-refractivity contribution in [2.45, 2.75) is 116 Å². The zero-order valence-corrected chi connectivity index (χ0v) is 19.0. The second-order valence-electron chi connectivity index (χ2n) is 8.25. The van der Waals surface area contributed by atoms with E-state index in [1.165, 1.54) is 96.3 Å². The highest BCUT2D eigenvalue weighted by molar-refractivity contribution is 5.20. The molecule has 0 radical (unpaired) electrons. The fraction of sp³-hybridized carbons (Fsp3) is 0.769. The molecular weight excluding hydrogens is 360 g/mol. The summed E-state index contributed by atoms with van der Waals surface area (Å²) in [7, 11) is 0. The van der Waals surface area contributed by atoms with Gasteiger partial charge in [-0.1, -0.05) is 121 Å². The third-order valence-corrected chi connectivity index (χ3v) is 5.44. The van der Waals surface area contributed by atoms with E-state index in [4.69, 9.17) is 9.47 Å². The summed E-state index contributed by atoms with van der Waals surface area (Å²) in [4.78, 5) is 0. The number of para-hydroxylation sites is 1. The molecule has 168 valence electrons. The molecule has 0 bridgehead atoms. The van der Waals surface area contributed by atoms with Crippen LogP contribution in [0.25, 0.3) is 0 Å². The minimum atomic E-state index is -0.841. The Morgan fingerprint density at radius 1 is 0.655 bits per heavy atom. The van der Waals surface area contributed by atoms with Crippen LogP contribution in [0.3, 0.4) is 0 Å². The molecule has 0 saturated carbocycles. The van der Waals surface area contributed by atoms with Crippen LogP contribution in [0.2, 0.25) is 0 Å². The van der Waals surface area contributed by atoms with Crippen molar-refractivity contribution < 1.29 is 14.6 Å². The fourth-order valence-electron chi connectivity index (χ4n) is 3.60. The lowest BCUT2D eigenvalue weighted by Crippen LogP contribution is -2.21. The Hall–Kier alpha value is -1.06. The summed E-state index contributed by atoms with van der Waals surface area (Å²) < 4.78 is 10.9. The lowest BCUT2D eigenvalue weighted by Gasteiger charge is -2.13. The molecule has 0 aliphatic heterocycles. The van der Waals surface area contributed by atoms with Gasteiger partial charge in [-0.2, -0.15) is 0 Å². The van der Waals surface area contributed by atoms with Crippen molar-refractivity contribution in [1.29, 1.82) is 0 Å². The molecule has 1 N–H and O–H groups in total. The largest absolute Gasteiger partial charge is 0.488 e. The Morgan fingerprint density at radius 3 is 1.59 bits per heavy atom. The molecule has 29 heavy (non-hydrogen) atoms. The SMILES string of the molecule is CCCCCCCCCCCCCCCCCCOC(O)COc1ccccc1. The predicted molar refractivity (Wildman–Crippen MR) is 123 cm³/mol. The van der Waals surface area contributed by atoms with Gasteiger partial charge in [-0.05, 0) is 18.6 Å². The van der Waals surface area contributed by atoms with Crippen LogP contribution in [-0.4, -0.2) is 24.6 Å². The summed E-state index contributed by atoms with van der Waals surface area (Å²) in [5, 5.41) is 9.79. The van der Waals surface area contributed by atoms with Gasteiger partial charge >= 0.3 is 0 Å². The normalized spacial score (nSPS) is 12.2. The Morgan fingerprint density at radius 2 is 1.10 bits per heavy atom. The molecule has 0 saturated heterocycles. The molecule has 3 heteroatoms. The third-order valence-electron chi connectivity index (χ3n) is 5.44. The van der Waals surface area contributed by atoms with E-state index in [-0.39, 0.29) is 6.61 Å². The molecule has 1 unspecified atom stereocenters. The molecule has 1 atom stereocenters. The molecule has 1 rings (SSSR count). The van der Waals surface area contributed by atoms with E-state index in [2.05, 4.69) is 6.92 Å². The first-order chi connectivity index (χ1) is 14.3. The monoisotopic (exact) mass is 406 g/mol. The Balaban J connectivity index is 1.73. The van der Waals surface area contributed by atoms with Crippen molar-refractivity contribution in [3.05, 3.63) is 30.3 Å². The molecule has 0 amide bonds. The quantitative estimate of drug-likeness (QED) is 0.168. The second-order valence-corrected chi connectivity index (χ2v) is 8.25. The average molecular weight is 407 g/mol. The zero-order valence-electron chi connectivity index (χ0n) is 19.0. The average Bonchev–Trinajstić information content (AvgIpc) is 2.75. The molecule has 0 fully saturated rings. The van der Waals surface area contributed by atoms with Crippen LogP contribution >= 0.6 is 0 Å². The number of unbranched alkanes of at least 4 members (excludes halogenated alkanes) is 15. The van der Waals surface area contributed by atoms with E-state index in [0.29, 0.717) is 6.61 Å². The van der Waals surface area contributed by atoms with Gasteiger partial charge in [-0.25, -0.2) is 0 Å². The van der Waals surface area contributed by atoms with Gasteiger partial charge in [0.1, 0.15) is 12.4 Å². The van der Waals surface area contributed by atoms with Crippen molar-refractivity contribution in [3.63, 3.8) is 0 Å². The molecule has 0 heterocycles. The first kappa shape index (κ1) is 26.0. The van der Waals surface area contributed by atoms with Crippen LogP contribution in [0.15, 0.2) is 30.3 Å². The van der Waals surface area contributed by atoms with E-state index in [1.807, 2.05) is 30.3 Å². The Labute approximate surface area is 180 Å². The minimum Gasteiger partial charge on any atom is -0.488 e. The summed E-state index contributed by atoms with van der Waals surface area (Å²) in [5.41, 5.74) is 0. The smallest absolute Gasteiger partial charge is 0.189 e. The molecule has 0 aliphatic rings. The predicted octanol–water partition coefficient (Wildman–Crippen LogP) is 7.66. The first-order valence-electron chi connectivity index (χ1n) is 12.3. The lowest BCUT2D eigenvalue weighted by atomic mass is 10.0. The van der Waals surface area contributed by atoms with E-state index in [1.54, 1.807) is 0 Å². The third kappa shape index (κ3) is 17.5. The summed E-state index contributed by atoms with van der Waals surface area (Å²) in [6.45, 7) is 3.07. The van der Waals surface area contributed by atoms with Gasteiger partial charge in [-0.3, -0.25) is 0 Å². The first-order valence-corrected chi connectivity index (χ1v) is 12.3. The summed E-state index contributed by atoms with van der Waals surface area (Å²) in [6.07, 6.45) is 21.0. The van der Waals surface area contributed by atoms with Crippen molar-refractivity contribution >= 4 is 0 Å². The number of benzene rings is 1. The standard InChI is InChI=1S/C26H46O3/c1-2-3-4-5-6-7-8-9-10-11-12-13-14-15-16-20-23-28-26(27)24-29-25-21-18-17-19-22-25/h17-19,21-22,26-27H,2-16,20,23-24H2,1H3. The number of rotatable bonds is 21. The fourth-order valence-corrected chi connectivity index (χ4v) is 3.60. The number of hydrogen-bond acceptors (Lipinski definition) is 3. The molecule has 1 aromatic carbocycles. The van der Waals surface area contributed by atoms with Crippen LogP contribution in [-0.2, 0) is 4.74 Å². The molecule has 0 aromatic heterocycles. The topological polar surface area (TPSA) is 38.7 Å². The van der Waals surface area contributed by atoms with Gasteiger partial charge in [-0.15, -0.1) is 0 Å². The van der Waals surface area contributed by atoms with Crippen LogP contribution < -0.4 is 4.74 Å². The van der Waals surface area contributed by atoms with Gasteiger partial charge in [0.2, 0.25) is 0 Å². The highest BCUT2D eigenvalue weighted by Crippen LogP contribution is 2.14. The molecule has 0 spiro atoms. The van der Waals surface area contributed by atoms with Crippen molar-refractivity contribution in [3.8, 4) is 5.75 Å². The number of aliphatic hydroxyl groups is 1. The molecule has 0 aliphatic carbocycles. The molecular formula is C26H46O3. The van der Waals surface area contributed by atoms with Crippen molar-refractivity contribution in [2.24, 2.45) is 0 Å². The Bertz CT molecular complexity index is 435. The van der Waals surface area contributed by atoms with Crippen LogP contribution in [0, 0.1) is 0 Å². The second kappa shape index (κ2) is 20.2. The molecule has 1 aromatic rings. The van der Waals surface area contributed by atoms with Crippen LogP contribution in [0.1, 0.15) is 110 Å². The summed E-state index contributed by atoms with van der Waals surface area (Å²) >= 11 is 0. The van der Waals surface area contributed by atoms with Gasteiger partial charge in [0.05, 0.1) is 0 Å². The highest BCUT2D eigenvalue weighted by atomic mass is 16.6. The maximum atomic E-state index is 9.79. The van der Waals surface area contributed by atoms with Gasteiger partial charge < -0.3 is 14.6 Å². The van der Waals surface area contributed by atoms with Crippen LogP contribution in [0.5, 0.6) is 5.75 Å². The maximum absolute atomic E-state index is 9.79. The maximum Gasteiger partial charge on any atom is 0.189 e. The van der Waals surface area contributed by atoms with Gasteiger partial charge in [0, 0.05) is 6.61 Å². The summed E-state index contributed by atoms with van der Waals surface area (Å²) in [5.74, 6) is 0.762. The van der Waals surface area contributed by atoms with E-state index >= 15 is 0 Å². The van der Waals surface area contributed by atoms with E-state index in [0.717, 1.165) is 12.2 Å². The number of ether oxygens (including phenoxy) is 2. The minimum absolute atomic E-state index is 0.183.